The summed E-state index contributed by atoms with van der Waals surface area (Å²) in [6.45, 7) is 0. The number of nitrogens with one attached hydrogen (secondary N) is 1. The van der Waals surface area contributed by atoms with E-state index in [1.165, 1.54) is 0 Å². The molecular formula is C20H17NO5. The van der Waals surface area contributed by atoms with Gasteiger partial charge in [0.2, 0.25) is 0 Å². The number of carbonyl (C=O) groups excluding carboxylic acids is 1. The summed E-state index contributed by atoms with van der Waals surface area (Å²) in [6, 6.07) is 15.5. The molecule has 3 rings (SSSR count). The number of aliphatic carboxylic acids is 2. The second-order valence-electron chi connectivity index (χ2n) is 5.99. The lowest BCUT2D eigenvalue weighted by molar-refractivity contribution is -0.140. The lowest BCUT2D eigenvalue weighted by Crippen LogP contribution is -2.41. The van der Waals surface area contributed by atoms with Crippen LogP contribution in [0.15, 0.2) is 54.6 Å². The molecule has 26 heavy (non-hydrogen) atoms. The first kappa shape index (κ1) is 17.4. The molecule has 6 heteroatoms. The van der Waals surface area contributed by atoms with Gasteiger partial charge in [0.05, 0.1) is 5.56 Å². The number of rotatable bonds is 6. The van der Waals surface area contributed by atoms with Gasteiger partial charge >= 0.3 is 11.9 Å². The van der Waals surface area contributed by atoms with E-state index in [1.54, 1.807) is 0 Å². The van der Waals surface area contributed by atoms with Crippen LogP contribution in [0.4, 0.5) is 0 Å². The molecule has 1 amide bonds. The minimum absolute atomic E-state index is 0.181. The Bertz CT molecular complexity index is 957. The van der Waals surface area contributed by atoms with E-state index in [1.807, 2.05) is 54.6 Å². The van der Waals surface area contributed by atoms with E-state index in [2.05, 4.69) is 5.32 Å². The first-order chi connectivity index (χ1) is 12.5. The standard InChI is InChI=1S/C20H17NO5/c22-17(23)10-9-16(20(25)26)21-19(24)18-14-7-3-1-5-12(14)11-13-6-2-4-8-15(13)18/h1-8,11,16H,9-10H2,(H,21,24)(H,22,23)(H,25,26)/t16-/m0/s1. The summed E-state index contributed by atoms with van der Waals surface area (Å²) in [4.78, 5) is 35.0. The smallest absolute Gasteiger partial charge is 0.326 e. The van der Waals surface area contributed by atoms with E-state index in [4.69, 9.17) is 5.11 Å². The zero-order valence-electron chi connectivity index (χ0n) is 13.8. The van der Waals surface area contributed by atoms with Crippen molar-refractivity contribution in [2.24, 2.45) is 0 Å². The van der Waals surface area contributed by atoms with Crippen molar-refractivity contribution in [3.63, 3.8) is 0 Å². The fourth-order valence-electron chi connectivity index (χ4n) is 3.01. The molecule has 3 N–H and O–H groups in total. The molecule has 0 unspecified atom stereocenters. The van der Waals surface area contributed by atoms with Gasteiger partial charge in [-0.2, -0.15) is 0 Å². The van der Waals surface area contributed by atoms with Crippen LogP contribution in [0.25, 0.3) is 21.5 Å². The lowest BCUT2D eigenvalue weighted by atomic mass is 9.96. The molecule has 0 aromatic heterocycles. The highest BCUT2D eigenvalue weighted by Gasteiger charge is 2.23. The molecule has 0 bridgehead atoms. The van der Waals surface area contributed by atoms with E-state index in [9.17, 15) is 19.5 Å². The number of carbonyl (C=O) groups is 3. The molecule has 3 aromatic rings. The molecule has 3 aromatic carbocycles. The molecule has 0 radical (unpaired) electrons. The molecule has 0 aliphatic heterocycles. The van der Waals surface area contributed by atoms with E-state index < -0.39 is 23.9 Å². The predicted octanol–water partition coefficient (Wildman–Crippen LogP) is 3.04. The third kappa shape index (κ3) is 3.49. The van der Waals surface area contributed by atoms with E-state index in [0.29, 0.717) is 16.3 Å². The summed E-state index contributed by atoms with van der Waals surface area (Å²) in [5.74, 6) is -2.90. The molecule has 0 aliphatic carbocycles. The Morgan fingerprint density at radius 1 is 0.885 bits per heavy atom. The first-order valence-electron chi connectivity index (χ1n) is 8.13. The van der Waals surface area contributed by atoms with Crippen LogP contribution < -0.4 is 5.32 Å². The Kier molecular flexibility index (Phi) is 4.84. The van der Waals surface area contributed by atoms with Gasteiger partial charge in [-0.25, -0.2) is 4.79 Å². The van der Waals surface area contributed by atoms with Crippen molar-refractivity contribution < 1.29 is 24.6 Å². The zero-order chi connectivity index (χ0) is 18.7. The van der Waals surface area contributed by atoms with Crippen LogP contribution in [-0.2, 0) is 9.59 Å². The Labute approximate surface area is 149 Å². The maximum atomic E-state index is 12.9. The van der Waals surface area contributed by atoms with Gasteiger partial charge in [0.25, 0.3) is 5.91 Å². The fourth-order valence-corrected chi connectivity index (χ4v) is 3.01. The van der Waals surface area contributed by atoms with Crippen molar-refractivity contribution in [1.29, 1.82) is 0 Å². The van der Waals surface area contributed by atoms with Crippen LogP contribution in [0.5, 0.6) is 0 Å². The molecule has 0 fully saturated rings. The zero-order valence-corrected chi connectivity index (χ0v) is 13.8. The van der Waals surface area contributed by atoms with E-state index in [0.717, 1.165) is 10.8 Å². The molecule has 6 nitrogen and oxygen atoms in total. The van der Waals surface area contributed by atoms with Crippen molar-refractivity contribution in [3.8, 4) is 0 Å². The van der Waals surface area contributed by atoms with Gasteiger partial charge < -0.3 is 15.5 Å². The minimum Gasteiger partial charge on any atom is -0.481 e. The molecule has 0 heterocycles. The highest BCUT2D eigenvalue weighted by Crippen LogP contribution is 2.28. The molecule has 0 saturated carbocycles. The molecular weight excluding hydrogens is 334 g/mol. The second kappa shape index (κ2) is 7.23. The minimum atomic E-state index is -1.27. The summed E-state index contributed by atoms with van der Waals surface area (Å²) in [6.07, 6.45) is -0.521. The van der Waals surface area contributed by atoms with E-state index >= 15 is 0 Å². The van der Waals surface area contributed by atoms with E-state index in [-0.39, 0.29) is 12.8 Å². The van der Waals surface area contributed by atoms with Crippen molar-refractivity contribution in [2.45, 2.75) is 18.9 Å². The highest BCUT2D eigenvalue weighted by molar-refractivity contribution is 6.18. The number of benzene rings is 3. The molecule has 132 valence electrons. The Hall–Kier alpha value is -3.41. The van der Waals surface area contributed by atoms with Crippen molar-refractivity contribution in [2.75, 3.05) is 0 Å². The van der Waals surface area contributed by atoms with Crippen molar-refractivity contribution in [3.05, 3.63) is 60.2 Å². The third-order valence-electron chi connectivity index (χ3n) is 4.25. The number of amides is 1. The normalized spacial score (nSPS) is 12.0. The number of fused-ring (bicyclic) bond motifs is 2. The average molecular weight is 351 g/mol. The van der Waals surface area contributed by atoms with Crippen LogP contribution >= 0.6 is 0 Å². The second-order valence-corrected chi connectivity index (χ2v) is 5.99. The Balaban J connectivity index is 2.05. The van der Waals surface area contributed by atoms with Crippen LogP contribution in [0, 0.1) is 0 Å². The SMILES string of the molecule is O=C(O)CC[C@H](NC(=O)c1c2ccccc2cc2ccccc12)C(=O)O. The monoisotopic (exact) mass is 351 g/mol. The summed E-state index contributed by atoms with van der Waals surface area (Å²) in [5, 5.41) is 23.7. The Morgan fingerprint density at radius 2 is 1.42 bits per heavy atom. The van der Waals surface area contributed by atoms with Gasteiger partial charge in [-0.05, 0) is 34.0 Å². The Morgan fingerprint density at radius 3 is 1.92 bits per heavy atom. The van der Waals surface area contributed by atoms with Crippen LogP contribution in [0.1, 0.15) is 23.2 Å². The summed E-state index contributed by atoms with van der Waals surface area (Å²) in [5.41, 5.74) is 0.389. The lowest BCUT2D eigenvalue weighted by Gasteiger charge is -2.16. The summed E-state index contributed by atoms with van der Waals surface area (Å²) < 4.78 is 0. The topological polar surface area (TPSA) is 104 Å². The largest absolute Gasteiger partial charge is 0.481 e. The van der Waals surface area contributed by atoms with Crippen molar-refractivity contribution >= 4 is 39.4 Å². The molecule has 0 aliphatic rings. The number of hydrogen-bond acceptors (Lipinski definition) is 3. The van der Waals surface area contributed by atoms with Gasteiger partial charge in [-0.15, -0.1) is 0 Å². The molecule has 0 saturated heterocycles. The van der Waals surface area contributed by atoms with Crippen LogP contribution in [0.3, 0.4) is 0 Å². The number of hydrogen-bond donors (Lipinski definition) is 3. The van der Waals surface area contributed by atoms with Crippen LogP contribution in [-0.4, -0.2) is 34.1 Å². The van der Waals surface area contributed by atoms with Gasteiger partial charge in [0, 0.05) is 6.42 Å². The predicted molar refractivity (Wildman–Crippen MR) is 97.2 cm³/mol. The fraction of sp³-hybridized carbons (Fsp3) is 0.150. The van der Waals surface area contributed by atoms with Crippen molar-refractivity contribution in [1.82, 2.24) is 5.32 Å². The van der Waals surface area contributed by atoms with Gasteiger partial charge in [-0.1, -0.05) is 48.5 Å². The number of carboxylic acids is 2. The van der Waals surface area contributed by atoms with Crippen LogP contribution in [0.2, 0.25) is 0 Å². The highest BCUT2D eigenvalue weighted by atomic mass is 16.4. The van der Waals surface area contributed by atoms with Gasteiger partial charge in [0.1, 0.15) is 6.04 Å². The summed E-state index contributed by atoms with van der Waals surface area (Å²) in [7, 11) is 0. The quantitative estimate of drug-likeness (QED) is 0.592. The van der Waals surface area contributed by atoms with Gasteiger partial charge in [0.15, 0.2) is 0 Å². The molecule has 1 atom stereocenters. The summed E-state index contributed by atoms with van der Waals surface area (Å²) >= 11 is 0. The maximum Gasteiger partial charge on any atom is 0.326 e. The number of carboxylic acid groups (broad SMARTS) is 2. The average Bonchev–Trinajstić information content (AvgIpc) is 2.62. The molecule has 0 spiro atoms. The first-order valence-corrected chi connectivity index (χ1v) is 8.13. The maximum absolute atomic E-state index is 12.9. The third-order valence-corrected chi connectivity index (χ3v) is 4.25. The van der Waals surface area contributed by atoms with Gasteiger partial charge in [-0.3, -0.25) is 9.59 Å².